The molecule has 1 amide bonds. The standard InChI is InChI=1S/C12H21NO4S2/c1-12(15)4-2-5-13(9-12)11(14)7-18-10-3-6-19(16,17)8-10/h10,15H,2-9H2,1H3. The summed E-state index contributed by atoms with van der Waals surface area (Å²) in [4.78, 5) is 13.7. The number of sulfone groups is 1. The van der Waals surface area contributed by atoms with Crippen molar-refractivity contribution in [3.8, 4) is 0 Å². The van der Waals surface area contributed by atoms with Gasteiger partial charge in [0.05, 0.1) is 22.9 Å². The largest absolute Gasteiger partial charge is 0.388 e. The molecule has 0 aliphatic carbocycles. The molecule has 2 heterocycles. The number of piperidine rings is 1. The molecule has 5 nitrogen and oxygen atoms in total. The lowest BCUT2D eigenvalue weighted by Crippen LogP contribution is -2.49. The Hall–Kier alpha value is -0.270. The van der Waals surface area contributed by atoms with E-state index in [-0.39, 0.29) is 22.7 Å². The molecule has 2 unspecified atom stereocenters. The van der Waals surface area contributed by atoms with Crippen molar-refractivity contribution in [2.75, 3.05) is 30.3 Å². The van der Waals surface area contributed by atoms with E-state index in [1.54, 1.807) is 11.8 Å². The Bertz CT molecular complexity index is 447. The monoisotopic (exact) mass is 307 g/mol. The lowest BCUT2D eigenvalue weighted by atomic mass is 9.95. The second-order valence-electron chi connectivity index (χ2n) is 5.75. The number of carbonyl (C=O) groups excluding carboxylic acids is 1. The molecule has 2 aliphatic rings. The van der Waals surface area contributed by atoms with Gasteiger partial charge in [-0.2, -0.15) is 0 Å². The molecule has 0 radical (unpaired) electrons. The van der Waals surface area contributed by atoms with Crippen LogP contribution in [0.5, 0.6) is 0 Å². The molecule has 19 heavy (non-hydrogen) atoms. The van der Waals surface area contributed by atoms with Crippen LogP contribution in [-0.4, -0.2) is 65.5 Å². The van der Waals surface area contributed by atoms with Gasteiger partial charge in [0.25, 0.3) is 0 Å². The van der Waals surface area contributed by atoms with Crippen LogP contribution in [0.1, 0.15) is 26.2 Å². The summed E-state index contributed by atoms with van der Waals surface area (Å²) in [6.07, 6.45) is 2.20. The summed E-state index contributed by atoms with van der Waals surface area (Å²) in [7, 11) is -2.87. The van der Waals surface area contributed by atoms with Crippen molar-refractivity contribution in [2.24, 2.45) is 0 Å². The van der Waals surface area contributed by atoms with Gasteiger partial charge in [-0.1, -0.05) is 0 Å². The quantitative estimate of drug-likeness (QED) is 0.810. The van der Waals surface area contributed by atoms with Crippen LogP contribution in [0.2, 0.25) is 0 Å². The summed E-state index contributed by atoms with van der Waals surface area (Å²) in [5, 5.41) is 10.0. The SMILES string of the molecule is CC1(O)CCCN(C(=O)CSC2CCS(=O)(=O)C2)C1. The van der Waals surface area contributed by atoms with E-state index in [9.17, 15) is 18.3 Å². The second kappa shape index (κ2) is 5.61. The van der Waals surface area contributed by atoms with Crippen molar-refractivity contribution in [1.29, 1.82) is 0 Å². The molecule has 0 aromatic carbocycles. The molecule has 0 spiro atoms. The zero-order valence-corrected chi connectivity index (χ0v) is 12.8. The summed E-state index contributed by atoms with van der Waals surface area (Å²) in [5.41, 5.74) is -0.782. The van der Waals surface area contributed by atoms with Crippen LogP contribution in [0.25, 0.3) is 0 Å². The Kier molecular flexibility index (Phi) is 4.47. The fraction of sp³-hybridized carbons (Fsp3) is 0.917. The molecular formula is C12H21NO4S2. The number of carbonyl (C=O) groups is 1. The molecule has 2 rings (SSSR count). The van der Waals surface area contributed by atoms with Crippen LogP contribution in [0.4, 0.5) is 0 Å². The average Bonchev–Trinajstić information content (AvgIpc) is 2.64. The highest BCUT2D eigenvalue weighted by molar-refractivity contribution is 8.02. The number of β-amino-alcohol motifs (C(OH)–C–C–N with tert-alkyl or cyclic N) is 1. The van der Waals surface area contributed by atoms with Crippen molar-refractivity contribution in [2.45, 2.75) is 37.0 Å². The Labute approximate surface area is 118 Å². The zero-order valence-electron chi connectivity index (χ0n) is 11.2. The van der Waals surface area contributed by atoms with Gasteiger partial charge in [-0.15, -0.1) is 11.8 Å². The van der Waals surface area contributed by atoms with Gasteiger partial charge in [-0.05, 0) is 26.2 Å². The number of rotatable bonds is 3. The minimum absolute atomic E-state index is 0.00859. The molecule has 1 N–H and O–H groups in total. The van der Waals surface area contributed by atoms with Crippen LogP contribution in [0.15, 0.2) is 0 Å². The predicted octanol–water partition coefficient (Wildman–Crippen LogP) is 0.280. The Morgan fingerprint density at radius 3 is 2.84 bits per heavy atom. The predicted molar refractivity (Wildman–Crippen MR) is 76.0 cm³/mol. The zero-order chi connectivity index (χ0) is 14.1. The van der Waals surface area contributed by atoms with E-state index in [0.29, 0.717) is 25.3 Å². The fourth-order valence-corrected chi connectivity index (χ4v) is 6.15. The average molecular weight is 307 g/mol. The van der Waals surface area contributed by atoms with E-state index in [1.165, 1.54) is 11.8 Å². The van der Waals surface area contributed by atoms with Crippen LogP contribution in [-0.2, 0) is 14.6 Å². The lowest BCUT2D eigenvalue weighted by Gasteiger charge is -2.36. The number of thioether (sulfide) groups is 1. The molecule has 0 saturated carbocycles. The maximum Gasteiger partial charge on any atom is 0.232 e. The summed E-state index contributed by atoms with van der Waals surface area (Å²) in [6.45, 7) is 2.83. The first kappa shape index (κ1) is 15.1. The molecule has 0 aromatic heterocycles. The van der Waals surface area contributed by atoms with Gasteiger partial charge >= 0.3 is 0 Å². The maximum absolute atomic E-state index is 12.0. The minimum atomic E-state index is -2.87. The maximum atomic E-state index is 12.0. The van der Waals surface area contributed by atoms with Gasteiger partial charge in [0.1, 0.15) is 0 Å². The first-order valence-corrected chi connectivity index (χ1v) is 9.47. The van der Waals surface area contributed by atoms with E-state index in [2.05, 4.69) is 0 Å². The normalized spacial score (nSPS) is 34.4. The van der Waals surface area contributed by atoms with Gasteiger partial charge < -0.3 is 10.0 Å². The highest BCUT2D eigenvalue weighted by atomic mass is 32.2. The topological polar surface area (TPSA) is 74.7 Å². The number of aliphatic hydroxyl groups is 1. The van der Waals surface area contributed by atoms with E-state index >= 15 is 0 Å². The van der Waals surface area contributed by atoms with Gasteiger partial charge in [0.15, 0.2) is 9.84 Å². The van der Waals surface area contributed by atoms with Crippen LogP contribution in [0, 0.1) is 0 Å². The number of nitrogens with zero attached hydrogens (tertiary/aromatic N) is 1. The Balaban J connectivity index is 1.79. The number of hydrogen-bond donors (Lipinski definition) is 1. The van der Waals surface area contributed by atoms with E-state index < -0.39 is 15.4 Å². The number of likely N-dealkylation sites (tertiary alicyclic amines) is 1. The van der Waals surface area contributed by atoms with Crippen molar-refractivity contribution in [1.82, 2.24) is 4.90 Å². The van der Waals surface area contributed by atoms with E-state index in [4.69, 9.17) is 0 Å². The first-order chi connectivity index (χ1) is 8.77. The molecule has 0 bridgehead atoms. The summed E-state index contributed by atoms with van der Waals surface area (Å²) in [6, 6.07) is 0. The Morgan fingerprint density at radius 2 is 2.26 bits per heavy atom. The number of amides is 1. The molecule has 110 valence electrons. The molecule has 2 aliphatic heterocycles. The summed E-state index contributed by atoms with van der Waals surface area (Å²) >= 11 is 1.44. The molecular weight excluding hydrogens is 286 g/mol. The van der Waals surface area contributed by atoms with Gasteiger partial charge in [-0.3, -0.25) is 4.79 Å². The van der Waals surface area contributed by atoms with Crippen LogP contribution >= 0.6 is 11.8 Å². The third-order valence-corrected chi connectivity index (χ3v) is 6.93. The van der Waals surface area contributed by atoms with Crippen molar-refractivity contribution in [3.63, 3.8) is 0 Å². The van der Waals surface area contributed by atoms with E-state index in [0.717, 1.165) is 12.8 Å². The summed E-state index contributed by atoms with van der Waals surface area (Å²) in [5.74, 6) is 0.769. The van der Waals surface area contributed by atoms with Crippen molar-refractivity contribution < 1.29 is 18.3 Å². The lowest BCUT2D eigenvalue weighted by molar-refractivity contribution is -0.134. The fourth-order valence-electron chi connectivity index (χ4n) is 2.61. The number of hydrogen-bond acceptors (Lipinski definition) is 5. The van der Waals surface area contributed by atoms with E-state index in [1.807, 2.05) is 0 Å². The smallest absolute Gasteiger partial charge is 0.232 e. The van der Waals surface area contributed by atoms with Crippen LogP contribution < -0.4 is 0 Å². The molecule has 0 aromatic rings. The summed E-state index contributed by atoms with van der Waals surface area (Å²) < 4.78 is 22.7. The van der Waals surface area contributed by atoms with Crippen molar-refractivity contribution >= 4 is 27.5 Å². The van der Waals surface area contributed by atoms with Gasteiger partial charge in [-0.25, -0.2) is 8.42 Å². The second-order valence-corrected chi connectivity index (χ2v) is 9.27. The minimum Gasteiger partial charge on any atom is -0.388 e. The Morgan fingerprint density at radius 1 is 1.53 bits per heavy atom. The highest BCUT2D eigenvalue weighted by Crippen LogP contribution is 2.26. The highest BCUT2D eigenvalue weighted by Gasteiger charge is 2.32. The molecule has 2 fully saturated rings. The van der Waals surface area contributed by atoms with Crippen LogP contribution in [0.3, 0.4) is 0 Å². The third kappa shape index (κ3) is 4.36. The van der Waals surface area contributed by atoms with Gasteiger partial charge in [0.2, 0.25) is 5.91 Å². The third-order valence-electron chi connectivity index (χ3n) is 3.66. The molecule has 2 atom stereocenters. The van der Waals surface area contributed by atoms with Gasteiger partial charge in [0, 0.05) is 18.3 Å². The first-order valence-electron chi connectivity index (χ1n) is 6.60. The molecule has 2 saturated heterocycles. The molecule has 7 heteroatoms. The van der Waals surface area contributed by atoms with Crippen molar-refractivity contribution in [3.05, 3.63) is 0 Å².